The third-order valence-electron chi connectivity index (χ3n) is 4.62. The second-order valence-electron chi connectivity index (χ2n) is 6.37. The van der Waals surface area contributed by atoms with Crippen molar-refractivity contribution in [1.29, 1.82) is 5.26 Å². The molecule has 25 heavy (non-hydrogen) atoms. The van der Waals surface area contributed by atoms with E-state index < -0.39 is 0 Å². The van der Waals surface area contributed by atoms with Crippen LogP contribution in [0.5, 0.6) is 5.75 Å². The summed E-state index contributed by atoms with van der Waals surface area (Å²) in [5, 5.41) is 12.6. The first-order chi connectivity index (χ1) is 12.2. The smallest absolute Gasteiger partial charge is 0.232 e. The Labute approximate surface area is 148 Å². The van der Waals surface area contributed by atoms with Gasteiger partial charge in [-0.3, -0.25) is 4.90 Å². The first-order valence-corrected chi connectivity index (χ1v) is 8.74. The molecule has 6 nitrogen and oxygen atoms in total. The standard InChI is InChI=1S/C19H24N4O2/c1-14(23-9-4-3-5-10-23)13-21-19-17(12-20)22-18(25-19)15-7-6-8-16(11-15)24-2/h6-8,11,14,21H,3-5,9-10,13H2,1-2H3. The molecule has 0 radical (unpaired) electrons. The molecule has 3 rings (SSSR count). The molecular formula is C19H24N4O2. The molecule has 132 valence electrons. The number of methoxy groups -OCH3 is 1. The summed E-state index contributed by atoms with van der Waals surface area (Å²) in [4.78, 5) is 6.78. The zero-order valence-corrected chi connectivity index (χ0v) is 14.8. The van der Waals surface area contributed by atoms with Crippen molar-refractivity contribution in [2.45, 2.75) is 32.2 Å². The molecule has 0 aliphatic carbocycles. The van der Waals surface area contributed by atoms with Gasteiger partial charge >= 0.3 is 0 Å². The van der Waals surface area contributed by atoms with Crippen LogP contribution >= 0.6 is 0 Å². The van der Waals surface area contributed by atoms with E-state index in [0.717, 1.165) is 30.9 Å². The molecular weight excluding hydrogens is 316 g/mol. The second-order valence-corrected chi connectivity index (χ2v) is 6.37. The van der Waals surface area contributed by atoms with Crippen molar-refractivity contribution in [1.82, 2.24) is 9.88 Å². The molecule has 1 aliphatic rings. The maximum atomic E-state index is 9.35. The van der Waals surface area contributed by atoms with Crippen LogP contribution in [0.4, 0.5) is 5.88 Å². The van der Waals surface area contributed by atoms with Crippen LogP contribution in [-0.4, -0.2) is 42.7 Å². The molecule has 1 aromatic heterocycles. The second kappa shape index (κ2) is 8.04. The fourth-order valence-electron chi connectivity index (χ4n) is 3.12. The third-order valence-corrected chi connectivity index (χ3v) is 4.62. The zero-order valence-electron chi connectivity index (χ0n) is 14.8. The van der Waals surface area contributed by atoms with Crippen molar-refractivity contribution in [2.75, 3.05) is 32.1 Å². The maximum absolute atomic E-state index is 9.35. The minimum absolute atomic E-state index is 0.281. The lowest BCUT2D eigenvalue weighted by Crippen LogP contribution is -2.41. The van der Waals surface area contributed by atoms with Gasteiger partial charge in [0.25, 0.3) is 0 Å². The molecule has 6 heteroatoms. The SMILES string of the molecule is COc1cccc(-c2nc(C#N)c(NCC(C)N3CCCCC3)o2)c1. The molecule has 1 N–H and O–H groups in total. The van der Waals surface area contributed by atoms with Gasteiger partial charge in [-0.05, 0) is 51.1 Å². The van der Waals surface area contributed by atoms with Crippen molar-refractivity contribution < 1.29 is 9.15 Å². The average molecular weight is 340 g/mol. The van der Waals surface area contributed by atoms with Crippen molar-refractivity contribution >= 4 is 5.88 Å². The summed E-state index contributed by atoms with van der Waals surface area (Å²) in [7, 11) is 1.62. The lowest BCUT2D eigenvalue weighted by Gasteiger charge is -2.32. The number of benzene rings is 1. The topological polar surface area (TPSA) is 74.3 Å². The Hall–Kier alpha value is -2.52. The zero-order chi connectivity index (χ0) is 17.6. The summed E-state index contributed by atoms with van der Waals surface area (Å²) in [6.07, 6.45) is 3.84. The van der Waals surface area contributed by atoms with Crippen LogP contribution in [0, 0.1) is 11.3 Å². The molecule has 1 aliphatic heterocycles. The van der Waals surface area contributed by atoms with E-state index in [4.69, 9.17) is 9.15 Å². The number of hydrogen-bond acceptors (Lipinski definition) is 6. The summed E-state index contributed by atoms with van der Waals surface area (Å²) >= 11 is 0. The van der Waals surface area contributed by atoms with Crippen LogP contribution in [0.25, 0.3) is 11.5 Å². The van der Waals surface area contributed by atoms with Gasteiger partial charge in [0.1, 0.15) is 11.8 Å². The van der Waals surface area contributed by atoms with Crippen molar-refractivity contribution in [2.24, 2.45) is 0 Å². The fourth-order valence-corrected chi connectivity index (χ4v) is 3.12. The van der Waals surface area contributed by atoms with E-state index in [2.05, 4.69) is 28.2 Å². The number of nitriles is 1. The first kappa shape index (κ1) is 17.3. The van der Waals surface area contributed by atoms with E-state index in [-0.39, 0.29) is 5.69 Å². The first-order valence-electron chi connectivity index (χ1n) is 8.74. The van der Waals surface area contributed by atoms with E-state index in [1.54, 1.807) is 7.11 Å². The summed E-state index contributed by atoms with van der Waals surface area (Å²) in [5.41, 5.74) is 1.07. The van der Waals surface area contributed by atoms with Gasteiger partial charge in [-0.1, -0.05) is 12.5 Å². The predicted octanol–water partition coefficient (Wildman–Crippen LogP) is 3.51. The van der Waals surface area contributed by atoms with Gasteiger partial charge in [0.15, 0.2) is 0 Å². The highest BCUT2D eigenvalue weighted by molar-refractivity contribution is 5.60. The van der Waals surface area contributed by atoms with Gasteiger partial charge in [-0.25, -0.2) is 0 Å². The van der Waals surface area contributed by atoms with Gasteiger partial charge in [-0.15, -0.1) is 0 Å². The Morgan fingerprint density at radius 1 is 1.36 bits per heavy atom. The quantitative estimate of drug-likeness (QED) is 0.867. The lowest BCUT2D eigenvalue weighted by atomic mass is 10.1. The Kier molecular flexibility index (Phi) is 5.56. The Morgan fingerprint density at radius 3 is 2.88 bits per heavy atom. The molecule has 1 aromatic carbocycles. The number of nitrogens with one attached hydrogen (secondary N) is 1. The highest BCUT2D eigenvalue weighted by Crippen LogP contribution is 2.27. The minimum atomic E-state index is 0.281. The molecule has 1 atom stereocenters. The Balaban J connectivity index is 1.71. The number of anilines is 1. The monoisotopic (exact) mass is 340 g/mol. The third kappa shape index (κ3) is 4.12. The van der Waals surface area contributed by atoms with E-state index in [1.807, 2.05) is 24.3 Å². The number of oxazole rings is 1. The van der Waals surface area contributed by atoms with E-state index >= 15 is 0 Å². The average Bonchev–Trinajstić information content (AvgIpc) is 3.10. The number of hydrogen-bond donors (Lipinski definition) is 1. The number of ether oxygens (including phenoxy) is 1. The van der Waals surface area contributed by atoms with E-state index in [1.165, 1.54) is 19.3 Å². The number of aromatic nitrogens is 1. The molecule has 2 heterocycles. The molecule has 0 spiro atoms. The highest BCUT2D eigenvalue weighted by atomic mass is 16.5. The number of piperidine rings is 1. The number of likely N-dealkylation sites (tertiary alicyclic amines) is 1. The number of rotatable bonds is 6. The normalized spacial score (nSPS) is 16.2. The van der Waals surface area contributed by atoms with Crippen LogP contribution in [0.3, 0.4) is 0 Å². The molecule has 1 unspecified atom stereocenters. The van der Waals surface area contributed by atoms with Crippen molar-refractivity contribution in [3.05, 3.63) is 30.0 Å². The molecule has 2 aromatic rings. The lowest BCUT2D eigenvalue weighted by molar-refractivity contribution is 0.180. The van der Waals surface area contributed by atoms with Gasteiger partial charge in [0, 0.05) is 18.2 Å². The molecule has 0 amide bonds. The van der Waals surface area contributed by atoms with Gasteiger partial charge in [-0.2, -0.15) is 10.2 Å². The minimum Gasteiger partial charge on any atom is -0.497 e. The molecule has 0 bridgehead atoms. The molecule has 1 saturated heterocycles. The van der Waals surface area contributed by atoms with Crippen LogP contribution in [0.1, 0.15) is 31.9 Å². The largest absolute Gasteiger partial charge is 0.497 e. The predicted molar refractivity (Wildman–Crippen MR) is 96.6 cm³/mol. The van der Waals surface area contributed by atoms with Crippen molar-refractivity contribution in [3.8, 4) is 23.3 Å². The summed E-state index contributed by atoms with van der Waals surface area (Å²) in [6, 6.07) is 9.95. The van der Waals surface area contributed by atoms with Gasteiger partial charge in [0.2, 0.25) is 17.5 Å². The van der Waals surface area contributed by atoms with E-state index in [9.17, 15) is 5.26 Å². The summed E-state index contributed by atoms with van der Waals surface area (Å²) in [5.74, 6) is 1.58. The molecule has 0 saturated carbocycles. The van der Waals surface area contributed by atoms with Gasteiger partial charge in [0.05, 0.1) is 7.11 Å². The van der Waals surface area contributed by atoms with Crippen molar-refractivity contribution in [3.63, 3.8) is 0 Å². The Morgan fingerprint density at radius 2 is 2.16 bits per heavy atom. The van der Waals surface area contributed by atoms with Crippen LogP contribution < -0.4 is 10.1 Å². The molecule has 1 fully saturated rings. The fraction of sp³-hybridized carbons (Fsp3) is 0.474. The summed E-state index contributed by atoms with van der Waals surface area (Å²) < 4.78 is 11.0. The Bertz CT molecular complexity index is 744. The van der Waals surface area contributed by atoms with Crippen LogP contribution in [0.2, 0.25) is 0 Å². The summed E-state index contributed by atoms with van der Waals surface area (Å²) in [6.45, 7) is 5.20. The van der Waals surface area contributed by atoms with Crippen LogP contribution in [-0.2, 0) is 0 Å². The van der Waals surface area contributed by atoms with Gasteiger partial charge < -0.3 is 14.5 Å². The van der Waals surface area contributed by atoms with Crippen LogP contribution in [0.15, 0.2) is 28.7 Å². The number of nitrogens with zero attached hydrogens (tertiary/aromatic N) is 3. The maximum Gasteiger partial charge on any atom is 0.232 e. The van der Waals surface area contributed by atoms with E-state index in [0.29, 0.717) is 17.8 Å². The highest BCUT2D eigenvalue weighted by Gasteiger charge is 2.19.